The first-order valence-corrected chi connectivity index (χ1v) is 7.62. The van der Waals surface area contributed by atoms with Crippen LogP contribution in [0.4, 0.5) is 0 Å². The van der Waals surface area contributed by atoms with Crippen LogP contribution in [0.15, 0.2) is 6.33 Å². The Hall–Kier alpha value is -2.04. The maximum Gasteiger partial charge on any atom is 0.305 e. The number of carbonyl (C=O) groups excluding carboxylic acids is 1. The van der Waals surface area contributed by atoms with E-state index in [2.05, 4.69) is 15.5 Å². The van der Waals surface area contributed by atoms with Gasteiger partial charge in [-0.25, -0.2) is 13.1 Å². The molecule has 2 rings (SSSR count). The summed E-state index contributed by atoms with van der Waals surface area (Å²) in [6, 6.07) is -0.852. The summed E-state index contributed by atoms with van der Waals surface area (Å²) in [5, 5.41) is 19.1. The van der Waals surface area contributed by atoms with Crippen molar-refractivity contribution in [3.63, 3.8) is 0 Å². The smallest absolute Gasteiger partial charge is 0.305 e. The van der Waals surface area contributed by atoms with Crippen molar-refractivity contribution in [2.75, 3.05) is 18.1 Å². The summed E-state index contributed by atoms with van der Waals surface area (Å²) in [6.45, 7) is -0.162. The van der Waals surface area contributed by atoms with Crippen LogP contribution in [-0.2, 0) is 26.0 Å². The molecular weight excluding hydrogens is 290 g/mol. The molecule has 0 spiro atoms. The first kappa shape index (κ1) is 14.4. The third kappa shape index (κ3) is 3.50. The number of sulfone groups is 1. The van der Waals surface area contributed by atoms with Gasteiger partial charge in [0.2, 0.25) is 5.91 Å². The number of aromatic nitrogens is 4. The second-order valence-corrected chi connectivity index (χ2v) is 6.69. The number of nitrogens with zero attached hydrogens (tertiary/aromatic N) is 5. The van der Waals surface area contributed by atoms with Crippen LogP contribution in [0.25, 0.3) is 0 Å². The van der Waals surface area contributed by atoms with E-state index >= 15 is 0 Å². The fourth-order valence-corrected chi connectivity index (χ4v) is 3.59. The van der Waals surface area contributed by atoms with E-state index in [0.29, 0.717) is 0 Å². The molecule has 1 N–H and O–H groups in total. The second-order valence-electron chi connectivity index (χ2n) is 4.46. The number of amides is 1. The highest BCUT2D eigenvalue weighted by molar-refractivity contribution is 7.91. The van der Waals surface area contributed by atoms with Gasteiger partial charge in [-0.15, -0.1) is 5.10 Å². The van der Waals surface area contributed by atoms with Crippen LogP contribution >= 0.6 is 0 Å². The lowest BCUT2D eigenvalue weighted by Crippen LogP contribution is -2.52. The topological polar surface area (TPSA) is 135 Å². The third-order valence-corrected chi connectivity index (χ3v) is 4.65. The van der Waals surface area contributed by atoms with E-state index in [1.807, 2.05) is 0 Å². The number of rotatable bonds is 4. The van der Waals surface area contributed by atoms with E-state index in [-0.39, 0.29) is 24.6 Å². The van der Waals surface area contributed by atoms with Crippen molar-refractivity contribution in [1.82, 2.24) is 25.1 Å². The van der Waals surface area contributed by atoms with Gasteiger partial charge < -0.3 is 10.0 Å². The maximum absolute atomic E-state index is 12.1. The first-order valence-electron chi connectivity index (χ1n) is 5.80. The molecule has 1 fully saturated rings. The molecule has 2 heterocycles. The Balaban J connectivity index is 2.11. The molecule has 0 saturated carbocycles. The van der Waals surface area contributed by atoms with Crippen LogP contribution < -0.4 is 0 Å². The number of hydrogen-bond donors (Lipinski definition) is 1. The molecule has 1 saturated heterocycles. The van der Waals surface area contributed by atoms with Gasteiger partial charge >= 0.3 is 5.97 Å². The van der Waals surface area contributed by atoms with Gasteiger partial charge in [0.05, 0.1) is 24.0 Å². The number of aliphatic carboxylic acids is 1. The van der Waals surface area contributed by atoms with Gasteiger partial charge in [0.1, 0.15) is 12.9 Å². The molecule has 1 aliphatic rings. The highest BCUT2D eigenvalue weighted by Crippen LogP contribution is 2.15. The van der Waals surface area contributed by atoms with Gasteiger partial charge in [0.15, 0.2) is 9.84 Å². The highest BCUT2D eigenvalue weighted by atomic mass is 32.2. The molecule has 10 nitrogen and oxygen atoms in total. The summed E-state index contributed by atoms with van der Waals surface area (Å²) in [5.41, 5.74) is 0. The highest BCUT2D eigenvalue weighted by Gasteiger charge is 2.35. The molecule has 1 unspecified atom stereocenters. The zero-order valence-electron chi connectivity index (χ0n) is 10.4. The number of tetrazole rings is 1. The molecule has 110 valence electrons. The summed E-state index contributed by atoms with van der Waals surface area (Å²) < 4.78 is 24.3. The Bertz CT molecular complexity index is 598. The molecule has 0 aliphatic carbocycles. The van der Waals surface area contributed by atoms with Gasteiger partial charge in [-0.1, -0.05) is 0 Å². The number of hydrogen-bond acceptors (Lipinski definition) is 7. The summed E-state index contributed by atoms with van der Waals surface area (Å²) >= 11 is 0. The quantitative estimate of drug-likeness (QED) is 0.660. The third-order valence-electron chi connectivity index (χ3n) is 2.95. The van der Waals surface area contributed by atoms with E-state index in [4.69, 9.17) is 5.11 Å². The lowest BCUT2D eigenvalue weighted by atomic mass is 10.2. The Morgan fingerprint density at radius 3 is 2.75 bits per heavy atom. The van der Waals surface area contributed by atoms with Gasteiger partial charge in [0.25, 0.3) is 0 Å². The Kier molecular flexibility index (Phi) is 3.97. The number of carbonyl (C=O) groups is 2. The average Bonchev–Trinajstić information content (AvgIpc) is 2.79. The molecule has 1 amide bonds. The van der Waals surface area contributed by atoms with Crippen molar-refractivity contribution < 1.29 is 23.1 Å². The summed E-state index contributed by atoms with van der Waals surface area (Å²) in [7, 11) is -3.31. The van der Waals surface area contributed by atoms with E-state index in [1.165, 1.54) is 15.9 Å². The predicted octanol–water partition coefficient (Wildman–Crippen LogP) is -2.23. The molecule has 0 radical (unpaired) electrons. The Morgan fingerprint density at radius 2 is 2.15 bits per heavy atom. The lowest BCUT2D eigenvalue weighted by molar-refractivity contribution is -0.140. The molecule has 20 heavy (non-hydrogen) atoms. The summed E-state index contributed by atoms with van der Waals surface area (Å²) in [4.78, 5) is 24.2. The Labute approximate surface area is 114 Å². The van der Waals surface area contributed by atoms with Crippen molar-refractivity contribution in [2.45, 2.75) is 19.0 Å². The molecule has 1 aromatic heterocycles. The zero-order chi connectivity index (χ0) is 14.8. The molecule has 1 aliphatic heterocycles. The van der Waals surface area contributed by atoms with E-state index in [0.717, 1.165) is 0 Å². The lowest BCUT2D eigenvalue weighted by Gasteiger charge is -2.34. The fourth-order valence-electron chi connectivity index (χ4n) is 2.07. The van der Waals surface area contributed by atoms with Crippen LogP contribution in [0.2, 0.25) is 0 Å². The summed E-state index contributed by atoms with van der Waals surface area (Å²) in [5.74, 6) is -2.05. The van der Waals surface area contributed by atoms with E-state index in [1.54, 1.807) is 0 Å². The zero-order valence-corrected chi connectivity index (χ0v) is 11.2. The van der Waals surface area contributed by atoms with Gasteiger partial charge in [0, 0.05) is 6.54 Å². The molecule has 11 heteroatoms. The fraction of sp³-hybridized carbons (Fsp3) is 0.667. The minimum atomic E-state index is -3.31. The van der Waals surface area contributed by atoms with Gasteiger partial charge in [-0.3, -0.25) is 9.59 Å². The van der Waals surface area contributed by atoms with Crippen LogP contribution in [0.1, 0.15) is 6.42 Å². The normalized spacial score (nSPS) is 21.6. The summed E-state index contributed by atoms with van der Waals surface area (Å²) in [6.07, 6.45) is 0.853. The maximum atomic E-state index is 12.1. The van der Waals surface area contributed by atoms with E-state index < -0.39 is 34.2 Å². The minimum Gasteiger partial charge on any atom is -0.481 e. The first-order chi connectivity index (χ1) is 9.37. The van der Waals surface area contributed by atoms with Crippen molar-refractivity contribution in [2.24, 2.45) is 0 Å². The van der Waals surface area contributed by atoms with Gasteiger partial charge in [-0.05, 0) is 10.4 Å². The molecule has 1 atom stereocenters. The van der Waals surface area contributed by atoms with Crippen molar-refractivity contribution >= 4 is 21.7 Å². The van der Waals surface area contributed by atoms with Crippen LogP contribution in [-0.4, -0.2) is 74.6 Å². The SMILES string of the molecule is O=C(O)CC1CS(=O)(=O)CCN1C(=O)Cn1cnnn1. The molecule has 1 aromatic rings. The van der Waals surface area contributed by atoms with Gasteiger partial charge in [-0.2, -0.15) is 0 Å². The second kappa shape index (κ2) is 5.53. The minimum absolute atomic E-state index is 0.0127. The number of carboxylic acid groups (broad SMARTS) is 1. The van der Waals surface area contributed by atoms with Crippen molar-refractivity contribution in [3.8, 4) is 0 Å². The molecule has 0 aromatic carbocycles. The largest absolute Gasteiger partial charge is 0.481 e. The van der Waals surface area contributed by atoms with Crippen molar-refractivity contribution in [3.05, 3.63) is 6.33 Å². The molecule has 0 bridgehead atoms. The molecular formula is C9H13N5O5S. The monoisotopic (exact) mass is 303 g/mol. The van der Waals surface area contributed by atoms with Crippen LogP contribution in [0.3, 0.4) is 0 Å². The van der Waals surface area contributed by atoms with Crippen LogP contribution in [0, 0.1) is 0 Å². The van der Waals surface area contributed by atoms with E-state index in [9.17, 15) is 18.0 Å². The average molecular weight is 303 g/mol. The number of carboxylic acids is 1. The standard InChI is InChI=1S/C9H13N5O5S/c15-8(4-13-6-10-11-12-13)14-1-2-20(18,19)5-7(14)3-9(16)17/h6-7H,1-5H2,(H,16,17). The van der Waals surface area contributed by atoms with Crippen molar-refractivity contribution in [1.29, 1.82) is 0 Å². The predicted molar refractivity (Wildman–Crippen MR) is 64.2 cm³/mol. The van der Waals surface area contributed by atoms with Crippen LogP contribution in [0.5, 0.6) is 0 Å². The Morgan fingerprint density at radius 1 is 1.40 bits per heavy atom.